The van der Waals surface area contributed by atoms with Gasteiger partial charge in [-0.15, -0.1) is 0 Å². The smallest absolute Gasteiger partial charge is 0.119 e. The van der Waals surface area contributed by atoms with Crippen molar-refractivity contribution in [1.82, 2.24) is 0 Å². The highest BCUT2D eigenvalue weighted by Gasteiger charge is 2.65. The average molecular weight is 308 g/mol. The summed E-state index contributed by atoms with van der Waals surface area (Å²) >= 11 is 0. The summed E-state index contributed by atoms with van der Waals surface area (Å²) in [6.07, 6.45) is 9.39. The Hall–Kier alpha value is -1.24. The van der Waals surface area contributed by atoms with Crippen molar-refractivity contribution in [3.8, 4) is 5.75 Å². The van der Waals surface area contributed by atoms with Crippen LogP contribution >= 0.6 is 0 Å². The van der Waals surface area contributed by atoms with E-state index in [1.54, 1.807) is 18.2 Å². The molecule has 122 valence electrons. The highest BCUT2D eigenvalue weighted by molar-refractivity contribution is 5.43. The lowest BCUT2D eigenvalue weighted by atomic mass is 9.53. The summed E-state index contributed by atoms with van der Waals surface area (Å²) in [6.45, 7) is 4.88. The number of allylic oxidation sites excluding steroid dienone is 2. The van der Waals surface area contributed by atoms with Crippen molar-refractivity contribution in [3.63, 3.8) is 0 Å². The van der Waals surface area contributed by atoms with Crippen LogP contribution in [0.2, 0.25) is 0 Å². The number of methoxy groups -OCH3 is 1. The van der Waals surface area contributed by atoms with E-state index in [-0.39, 0.29) is 0 Å². The maximum absolute atomic E-state index is 5.45. The molecule has 0 aliphatic heterocycles. The molecule has 3 saturated carbocycles. The second kappa shape index (κ2) is 4.65. The zero-order valence-electron chi connectivity index (χ0n) is 14.6. The fourth-order valence-corrected chi connectivity index (χ4v) is 7.00. The topological polar surface area (TPSA) is 9.23 Å². The van der Waals surface area contributed by atoms with Gasteiger partial charge in [0.05, 0.1) is 7.11 Å². The van der Waals surface area contributed by atoms with Gasteiger partial charge in [-0.05, 0) is 97.3 Å². The molecule has 0 unspecified atom stereocenters. The Kier molecular flexibility index (Phi) is 2.86. The van der Waals surface area contributed by atoms with Crippen LogP contribution in [0.25, 0.3) is 0 Å². The maximum atomic E-state index is 5.45. The van der Waals surface area contributed by atoms with Gasteiger partial charge in [0.1, 0.15) is 5.75 Å². The number of fused-ring (bicyclic) bond motifs is 7. The fraction of sp³-hybridized carbons (Fsp3) is 0.636. The van der Waals surface area contributed by atoms with E-state index in [9.17, 15) is 0 Å². The molecule has 1 heteroatoms. The first-order chi connectivity index (χ1) is 11.2. The number of hydrogen-bond acceptors (Lipinski definition) is 1. The summed E-state index contributed by atoms with van der Waals surface area (Å²) in [4.78, 5) is 0. The zero-order chi connectivity index (χ0) is 15.8. The second-order valence-corrected chi connectivity index (χ2v) is 8.61. The molecule has 0 saturated heterocycles. The maximum Gasteiger partial charge on any atom is 0.119 e. The van der Waals surface area contributed by atoms with Gasteiger partial charge in [-0.3, -0.25) is 0 Å². The lowest BCUT2D eigenvalue weighted by molar-refractivity contribution is 0.0617. The third-order valence-corrected chi connectivity index (χ3v) is 7.86. The first-order valence-corrected chi connectivity index (χ1v) is 9.51. The second-order valence-electron chi connectivity index (χ2n) is 8.61. The van der Waals surface area contributed by atoms with E-state index >= 15 is 0 Å². The summed E-state index contributed by atoms with van der Waals surface area (Å²) < 4.78 is 5.45. The summed E-state index contributed by atoms with van der Waals surface area (Å²) in [6, 6.07) is 6.86. The van der Waals surface area contributed by atoms with E-state index in [0.29, 0.717) is 5.41 Å². The molecular formula is C22H28O. The molecule has 1 nitrogen and oxygen atoms in total. The van der Waals surface area contributed by atoms with Gasteiger partial charge in [-0.25, -0.2) is 0 Å². The molecule has 1 aromatic rings. The standard InChI is InChI=1S/C22H28O/c1-4-20-18-12-19(18)21-17-7-5-13-11-14(23-3)6-8-15(13)16(17)9-10-22(20,21)2/h4,6,8,11,16-19,21H,5,7,9-10,12H2,1-3H3/t16-,17-,18+,19-,21-,22-/m1/s1. The Labute approximate surface area is 140 Å². The molecule has 0 aromatic heterocycles. The van der Waals surface area contributed by atoms with Gasteiger partial charge < -0.3 is 4.74 Å². The largest absolute Gasteiger partial charge is 0.497 e. The first kappa shape index (κ1) is 14.1. The van der Waals surface area contributed by atoms with Gasteiger partial charge >= 0.3 is 0 Å². The predicted octanol–water partition coefficient (Wildman–Crippen LogP) is 5.35. The van der Waals surface area contributed by atoms with E-state index in [1.165, 1.54) is 32.1 Å². The molecular weight excluding hydrogens is 280 g/mol. The number of aryl methyl sites for hydroxylation is 1. The predicted molar refractivity (Wildman–Crippen MR) is 93.7 cm³/mol. The van der Waals surface area contributed by atoms with Crippen molar-refractivity contribution in [3.05, 3.63) is 41.0 Å². The Balaban J connectivity index is 1.54. The number of ether oxygens (including phenoxy) is 1. The van der Waals surface area contributed by atoms with E-state index in [4.69, 9.17) is 4.74 Å². The van der Waals surface area contributed by atoms with Crippen molar-refractivity contribution < 1.29 is 4.74 Å². The molecule has 3 fully saturated rings. The monoisotopic (exact) mass is 308 g/mol. The van der Waals surface area contributed by atoms with Crippen molar-refractivity contribution in [1.29, 1.82) is 0 Å². The molecule has 0 spiro atoms. The molecule has 0 radical (unpaired) electrons. The van der Waals surface area contributed by atoms with Crippen LogP contribution in [0.15, 0.2) is 29.8 Å². The Morgan fingerprint density at radius 1 is 1.17 bits per heavy atom. The normalized spacial score (nSPS) is 45.0. The molecule has 4 aliphatic rings. The minimum absolute atomic E-state index is 0.521. The van der Waals surface area contributed by atoms with Crippen LogP contribution in [0.1, 0.15) is 56.6 Å². The molecule has 0 N–H and O–H groups in total. The average Bonchev–Trinajstić information content (AvgIpc) is 3.28. The van der Waals surface area contributed by atoms with Crippen molar-refractivity contribution in [2.45, 2.75) is 51.9 Å². The van der Waals surface area contributed by atoms with Gasteiger partial charge in [-0.2, -0.15) is 0 Å². The van der Waals surface area contributed by atoms with Gasteiger partial charge in [0.15, 0.2) is 0 Å². The molecule has 4 aliphatic carbocycles. The van der Waals surface area contributed by atoms with Gasteiger partial charge in [0.25, 0.3) is 0 Å². The van der Waals surface area contributed by atoms with Gasteiger partial charge in [0, 0.05) is 0 Å². The van der Waals surface area contributed by atoms with Gasteiger partial charge in [0.2, 0.25) is 0 Å². The summed E-state index contributed by atoms with van der Waals surface area (Å²) in [5.74, 6) is 5.67. The van der Waals surface area contributed by atoms with E-state index in [1.807, 2.05) is 5.57 Å². The molecule has 6 atom stereocenters. The van der Waals surface area contributed by atoms with Crippen molar-refractivity contribution in [2.24, 2.45) is 29.1 Å². The van der Waals surface area contributed by atoms with Crippen LogP contribution in [0.3, 0.4) is 0 Å². The van der Waals surface area contributed by atoms with Crippen LogP contribution in [0.5, 0.6) is 5.75 Å². The highest BCUT2D eigenvalue weighted by Crippen LogP contribution is 2.74. The Morgan fingerprint density at radius 3 is 2.83 bits per heavy atom. The van der Waals surface area contributed by atoms with Crippen LogP contribution in [0.4, 0.5) is 0 Å². The van der Waals surface area contributed by atoms with Crippen LogP contribution in [-0.2, 0) is 6.42 Å². The molecule has 5 rings (SSSR count). The molecule has 0 bridgehead atoms. The molecule has 0 heterocycles. The Bertz CT molecular complexity index is 687. The lowest BCUT2D eigenvalue weighted by Crippen LogP contribution is -2.42. The quantitative estimate of drug-likeness (QED) is 0.635. The van der Waals surface area contributed by atoms with E-state index in [2.05, 4.69) is 38.1 Å². The van der Waals surface area contributed by atoms with Crippen molar-refractivity contribution in [2.75, 3.05) is 7.11 Å². The van der Waals surface area contributed by atoms with Gasteiger partial charge in [-0.1, -0.05) is 24.6 Å². The first-order valence-electron chi connectivity index (χ1n) is 9.51. The number of benzene rings is 1. The van der Waals surface area contributed by atoms with Crippen molar-refractivity contribution >= 4 is 0 Å². The SMILES string of the molecule is CC=C1[C@H]2C[C@H]2[C@H]2[C@@H]3CCc4cc(OC)ccc4[C@H]3CC[C@]12C. The minimum atomic E-state index is 0.521. The molecule has 23 heavy (non-hydrogen) atoms. The third-order valence-electron chi connectivity index (χ3n) is 7.86. The summed E-state index contributed by atoms with van der Waals surface area (Å²) in [5, 5.41) is 0. The summed E-state index contributed by atoms with van der Waals surface area (Å²) in [5.41, 5.74) is 5.56. The van der Waals surface area contributed by atoms with E-state index in [0.717, 1.165) is 35.3 Å². The summed E-state index contributed by atoms with van der Waals surface area (Å²) in [7, 11) is 1.78. The minimum Gasteiger partial charge on any atom is -0.497 e. The Morgan fingerprint density at radius 2 is 2.04 bits per heavy atom. The zero-order valence-corrected chi connectivity index (χ0v) is 14.6. The van der Waals surface area contributed by atoms with Crippen LogP contribution < -0.4 is 4.74 Å². The third kappa shape index (κ3) is 1.74. The molecule has 0 amide bonds. The van der Waals surface area contributed by atoms with Crippen LogP contribution in [-0.4, -0.2) is 7.11 Å². The van der Waals surface area contributed by atoms with Crippen LogP contribution in [0, 0.1) is 29.1 Å². The molecule has 1 aromatic carbocycles. The lowest BCUT2D eigenvalue weighted by Gasteiger charge is -2.51. The fourth-order valence-electron chi connectivity index (χ4n) is 7.00. The highest BCUT2D eigenvalue weighted by atomic mass is 16.5. The number of rotatable bonds is 1. The van der Waals surface area contributed by atoms with E-state index < -0.39 is 0 Å². The number of hydrogen-bond donors (Lipinski definition) is 0.